The maximum absolute atomic E-state index is 13.4. The number of nitrogens with zero attached hydrogens (tertiary/aromatic N) is 1. The highest BCUT2D eigenvalue weighted by molar-refractivity contribution is 7.89. The van der Waals surface area contributed by atoms with Gasteiger partial charge in [-0.15, -0.1) is 0 Å². The van der Waals surface area contributed by atoms with Crippen molar-refractivity contribution in [1.29, 1.82) is 0 Å². The van der Waals surface area contributed by atoms with E-state index in [4.69, 9.17) is 5.11 Å². The van der Waals surface area contributed by atoms with Crippen molar-refractivity contribution in [3.63, 3.8) is 0 Å². The van der Waals surface area contributed by atoms with Crippen LogP contribution in [0.25, 0.3) is 0 Å². The lowest BCUT2D eigenvalue weighted by atomic mass is 10.3. The maximum Gasteiger partial charge on any atom is 0.304 e. The zero-order chi connectivity index (χ0) is 15.5. The average Bonchev–Trinajstić information content (AvgIpc) is 2.25. The lowest BCUT2D eigenvalue weighted by molar-refractivity contribution is -0.387. The van der Waals surface area contributed by atoms with Gasteiger partial charge in [0.05, 0.1) is 16.2 Å². The quantitative estimate of drug-likeness (QED) is 0.593. The van der Waals surface area contributed by atoms with Gasteiger partial charge in [-0.1, -0.05) is 0 Å². The van der Waals surface area contributed by atoms with Crippen molar-refractivity contribution in [2.75, 3.05) is 0 Å². The molecule has 1 aromatic carbocycles. The van der Waals surface area contributed by atoms with Crippen LogP contribution in [-0.4, -0.2) is 30.5 Å². The molecule has 0 bridgehead atoms. The molecule has 0 spiro atoms. The number of carboxylic acids is 1. The number of halogens is 1. The van der Waals surface area contributed by atoms with Gasteiger partial charge in [-0.05, 0) is 13.0 Å². The molecule has 1 unspecified atom stereocenters. The van der Waals surface area contributed by atoms with Gasteiger partial charge in [0, 0.05) is 18.2 Å². The average molecular weight is 306 g/mol. The number of nitrogens with one attached hydrogen (secondary N) is 1. The highest BCUT2D eigenvalue weighted by Gasteiger charge is 2.22. The lowest BCUT2D eigenvalue weighted by Crippen LogP contribution is -2.34. The molecule has 0 aliphatic heterocycles. The summed E-state index contributed by atoms with van der Waals surface area (Å²) in [6.07, 6.45) is -0.450. The minimum absolute atomic E-state index is 0.450. The van der Waals surface area contributed by atoms with E-state index < -0.39 is 49.8 Å². The molecule has 0 fully saturated rings. The summed E-state index contributed by atoms with van der Waals surface area (Å²) in [5, 5.41) is 18.9. The third-order valence-corrected chi connectivity index (χ3v) is 3.85. The van der Waals surface area contributed by atoms with E-state index in [2.05, 4.69) is 0 Å². The number of hydrogen-bond acceptors (Lipinski definition) is 5. The van der Waals surface area contributed by atoms with E-state index in [-0.39, 0.29) is 0 Å². The Labute approximate surface area is 113 Å². The smallest absolute Gasteiger partial charge is 0.304 e. The summed E-state index contributed by atoms with van der Waals surface area (Å²) in [6, 6.07) is 1.20. The summed E-state index contributed by atoms with van der Waals surface area (Å²) in [5.41, 5.74) is -0.845. The fourth-order valence-corrected chi connectivity index (χ4v) is 2.69. The molecule has 10 heteroatoms. The molecule has 110 valence electrons. The number of rotatable bonds is 6. The number of carboxylic acid groups (broad SMARTS) is 1. The zero-order valence-corrected chi connectivity index (χ0v) is 11.1. The SMILES string of the molecule is CC(CC(=O)O)NS(=O)(=O)c1ccc([N+](=O)[O-])c(F)c1. The van der Waals surface area contributed by atoms with E-state index in [9.17, 15) is 27.7 Å². The van der Waals surface area contributed by atoms with Crippen LogP contribution in [0.2, 0.25) is 0 Å². The summed E-state index contributed by atoms with van der Waals surface area (Å²) in [4.78, 5) is 19.4. The lowest BCUT2D eigenvalue weighted by Gasteiger charge is -2.12. The minimum atomic E-state index is -4.15. The van der Waals surface area contributed by atoms with Gasteiger partial charge < -0.3 is 5.11 Å². The number of benzene rings is 1. The second-order valence-corrected chi connectivity index (χ2v) is 5.70. The van der Waals surface area contributed by atoms with Crippen LogP contribution in [0, 0.1) is 15.9 Å². The summed E-state index contributed by atoms with van der Waals surface area (Å²) in [5.74, 6) is -2.49. The Kier molecular flexibility index (Phi) is 4.73. The molecule has 0 saturated carbocycles. The Morgan fingerprint density at radius 1 is 1.55 bits per heavy atom. The van der Waals surface area contributed by atoms with Crippen LogP contribution in [0.3, 0.4) is 0 Å². The number of nitro groups is 1. The standard InChI is InChI=1S/C10H11FN2O6S/c1-6(4-10(14)15)12-20(18,19)7-2-3-9(13(16)17)8(11)5-7/h2-3,5-6,12H,4H2,1H3,(H,14,15). The third-order valence-electron chi connectivity index (χ3n) is 2.26. The van der Waals surface area contributed by atoms with Gasteiger partial charge in [-0.3, -0.25) is 14.9 Å². The maximum atomic E-state index is 13.4. The normalized spacial score (nSPS) is 12.9. The van der Waals surface area contributed by atoms with Gasteiger partial charge in [0.2, 0.25) is 15.8 Å². The molecule has 2 N–H and O–H groups in total. The fourth-order valence-electron chi connectivity index (χ4n) is 1.44. The largest absolute Gasteiger partial charge is 0.481 e. The second kappa shape index (κ2) is 5.92. The molecular weight excluding hydrogens is 295 g/mol. The Morgan fingerprint density at radius 3 is 2.60 bits per heavy atom. The van der Waals surface area contributed by atoms with Crippen molar-refractivity contribution in [3.8, 4) is 0 Å². The van der Waals surface area contributed by atoms with Crippen molar-refractivity contribution in [3.05, 3.63) is 34.1 Å². The Hall–Kier alpha value is -2.07. The van der Waals surface area contributed by atoms with Crippen molar-refractivity contribution in [2.45, 2.75) is 24.3 Å². The van der Waals surface area contributed by atoms with E-state index in [1.807, 2.05) is 4.72 Å². The van der Waals surface area contributed by atoms with Crippen LogP contribution >= 0.6 is 0 Å². The van der Waals surface area contributed by atoms with Gasteiger partial charge >= 0.3 is 11.7 Å². The molecule has 0 amide bonds. The van der Waals surface area contributed by atoms with Crippen LogP contribution in [0.4, 0.5) is 10.1 Å². The van der Waals surface area contributed by atoms with Gasteiger partial charge in [0.15, 0.2) is 0 Å². The molecule has 8 nitrogen and oxygen atoms in total. The molecule has 20 heavy (non-hydrogen) atoms. The van der Waals surface area contributed by atoms with Crippen LogP contribution in [0.5, 0.6) is 0 Å². The van der Waals surface area contributed by atoms with E-state index in [0.29, 0.717) is 6.07 Å². The van der Waals surface area contributed by atoms with Gasteiger partial charge in [-0.2, -0.15) is 4.39 Å². The Morgan fingerprint density at radius 2 is 2.15 bits per heavy atom. The highest BCUT2D eigenvalue weighted by Crippen LogP contribution is 2.20. The number of nitro benzene ring substituents is 1. The van der Waals surface area contributed by atoms with E-state index in [0.717, 1.165) is 12.1 Å². The first kappa shape index (κ1) is 16.0. The highest BCUT2D eigenvalue weighted by atomic mass is 32.2. The number of aliphatic carboxylic acids is 1. The molecule has 0 radical (unpaired) electrons. The van der Waals surface area contributed by atoms with E-state index in [1.54, 1.807) is 0 Å². The minimum Gasteiger partial charge on any atom is -0.481 e. The molecule has 0 aliphatic rings. The predicted molar refractivity (Wildman–Crippen MR) is 65.1 cm³/mol. The van der Waals surface area contributed by atoms with Crippen LogP contribution in [0.1, 0.15) is 13.3 Å². The van der Waals surface area contributed by atoms with E-state index >= 15 is 0 Å². The van der Waals surface area contributed by atoms with E-state index in [1.165, 1.54) is 6.92 Å². The Balaban J connectivity index is 3.02. The third kappa shape index (κ3) is 3.96. The zero-order valence-electron chi connectivity index (χ0n) is 10.2. The van der Waals surface area contributed by atoms with Crippen LogP contribution in [0.15, 0.2) is 23.1 Å². The number of carbonyl (C=O) groups is 1. The molecule has 0 saturated heterocycles. The monoisotopic (exact) mass is 306 g/mol. The molecular formula is C10H11FN2O6S. The van der Waals surface area contributed by atoms with Crippen molar-refractivity contribution in [2.24, 2.45) is 0 Å². The predicted octanol–water partition coefficient (Wildman–Crippen LogP) is 0.875. The second-order valence-electron chi connectivity index (χ2n) is 3.99. The molecule has 1 rings (SSSR count). The summed E-state index contributed by atoms with van der Waals surface area (Å²) < 4.78 is 39.0. The van der Waals surface area contributed by atoms with Crippen LogP contribution in [-0.2, 0) is 14.8 Å². The van der Waals surface area contributed by atoms with Gasteiger partial charge in [-0.25, -0.2) is 13.1 Å². The molecule has 0 heterocycles. The summed E-state index contributed by atoms with van der Waals surface area (Å²) >= 11 is 0. The number of sulfonamides is 1. The summed E-state index contributed by atoms with van der Waals surface area (Å²) in [7, 11) is -4.15. The van der Waals surface area contributed by atoms with Crippen molar-refractivity contribution in [1.82, 2.24) is 4.72 Å². The summed E-state index contributed by atoms with van der Waals surface area (Å²) in [6.45, 7) is 1.33. The first-order chi connectivity index (χ1) is 9.13. The van der Waals surface area contributed by atoms with Crippen LogP contribution < -0.4 is 4.72 Å². The van der Waals surface area contributed by atoms with Crippen molar-refractivity contribution >= 4 is 21.7 Å². The first-order valence-corrected chi connectivity index (χ1v) is 6.80. The fraction of sp³-hybridized carbons (Fsp3) is 0.300. The number of hydrogen-bond donors (Lipinski definition) is 2. The van der Waals surface area contributed by atoms with Gasteiger partial charge in [0.25, 0.3) is 0 Å². The molecule has 0 aromatic heterocycles. The molecule has 0 aliphatic carbocycles. The van der Waals surface area contributed by atoms with Gasteiger partial charge in [0.1, 0.15) is 0 Å². The molecule has 1 atom stereocenters. The van der Waals surface area contributed by atoms with Crippen molar-refractivity contribution < 1.29 is 27.6 Å². The first-order valence-electron chi connectivity index (χ1n) is 5.31. The molecule has 1 aromatic rings. The Bertz CT molecular complexity index is 645. The topological polar surface area (TPSA) is 127 Å².